The highest BCUT2D eigenvalue weighted by molar-refractivity contribution is 5.93. The van der Waals surface area contributed by atoms with E-state index >= 15 is 0 Å². The largest absolute Gasteiger partial charge is 0.483 e. The van der Waals surface area contributed by atoms with E-state index < -0.39 is 11.4 Å². The van der Waals surface area contributed by atoms with Crippen LogP contribution in [-0.4, -0.2) is 66.3 Å². The molecule has 0 bridgehead atoms. The molecule has 1 amide bonds. The van der Waals surface area contributed by atoms with Gasteiger partial charge in [-0.25, -0.2) is 4.39 Å². The number of carboxylic acid groups (broad SMARTS) is 2. The standard InChI is InChI=1S/C16H19FN2O4.CH2O2/c1-10-4-12(17)2-3-13(10)18-14(20)6-19-5-11-7-23-9-16(11,8-19)15(21)22;2-1-3/h2-4,11H,5-9H2,1H3,(H,18,20)(H,21,22);1H,(H,2,3)/t11-,16-;/m1./s1. The summed E-state index contributed by atoms with van der Waals surface area (Å²) in [6.07, 6.45) is 0. The number of likely N-dealkylation sites (tertiary alicyclic amines) is 1. The molecule has 9 heteroatoms. The molecule has 142 valence electrons. The zero-order valence-electron chi connectivity index (χ0n) is 14.3. The van der Waals surface area contributed by atoms with E-state index in [0.29, 0.717) is 30.9 Å². The molecule has 1 aromatic carbocycles. The van der Waals surface area contributed by atoms with Crippen molar-refractivity contribution in [2.24, 2.45) is 11.3 Å². The highest BCUT2D eigenvalue weighted by Crippen LogP contribution is 2.41. The third kappa shape index (κ3) is 4.17. The SMILES string of the molecule is Cc1cc(F)ccc1NC(=O)CN1C[C@@H]2COC[C@]2(C(=O)O)C1.O=CO. The Kier molecular flexibility index (Phi) is 6.27. The predicted molar refractivity (Wildman–Crippen MR) is 89.3 cm³/mol. The van der Waals surface area contributed by atoms with E-state index in [4.69, 9.17) is 14.6 Å². The van der Waals surface area contributed by atoms with E-state index in [1.54, 1.807) is 6.92 Å². The van der Waals surface area contributed by atoms with E-state index in [1.807, 2.05) is 4.90 Å². The van der Waals surface area contributed by atoms with Gasteiger partial charge in [-0.3, -0.25) is 19.3 Å². The number of amides is 1. The second-order valence-corrected chi connectivity index (χ2v) is 6.46. The Morgan fingerprint density at radius 2 is 2.19 bits per heavy atom. The van der Waals surface area contributed by atoms with Crippen molar-refractivity contribution in [3.8, 4) is 0 Å². The summed E-state index contributed by atoms with van der Waals surface area (Å²) in [5, 5.41) is 19.1. The first-order chi connectivity index (χ1) is 12.3. The number of fused-ring (bicyclic) bond motifs is 1. The van der Waals surface area contributed by atoms with Gasteiger partial charge < -0.3 is 20.3 Å². The molecule has 0 aliphatic carbocycles. The lowest BCUT2D eigenvalue weighted by molar-refractivity contribution is -0.149. The quantitative estimate of drug-likeness (QED) is 0.673. The van der Waals surface area contributed by atoms with Crippen LogP contribution in [0.5, 0.6) is 0 Å². The number of nitrogens with one attached hydrogen (secondary N) is 1. The van der Waals surface area contributed by atoms with Crippen molar-refractivity contribution in [3.05, 3.63) is 29.6 Å². The normalized spacial score (nSPS) is 24.3. The topological polar surface area (TPSA) is 116 Å². The van der Waals surface area contributed by atoms with Gasteiger partial charge in [0.1, 0.15) is 11.2 Å². The van der Waals surface area contributed by atoms with E-state index in [2.05, 4.69) is 5.32 Å². The van der Waals surface area contributed by atoms with Crippen LogP contribution in [-0.2, 0) is 19.1 Å². The Morgan fingerprint density at radius 1 is 1.50 bits per heavy atom. The number of carbonyl (C=O) groups is 3. The Labute approximate surface area is 149 Å². The van der Waals surface area contributed by atoms with Gasteiger partial charge in [-0.15, -0.1) is 0 Å². The number of halogens is 1. The average molecular weight is 368 g/mol. The minimum absolute atomic E-state index is 0.0830. The molecule has 2 fully saturated rings. The summed E-state index contributed by atoms with van der Waals surface area (Å²) in [7, 11) is 0. The van der Waals surface area contributed by atoms with Crippen LogP contribution in [0.25, 0.3) is 0 Å². The van der Waals surface area contributed by atoms with Crippen molar-refractivity contribution in [2.45, 2.75) is 6.92 Å². The third-order valence-corrected chi connectivity index (χ3v) is 4.70. The van der Waals surface area contributed by atoms with Crippen molar-refractivity contribution < 1.29 is 33.7 Å². The van der Waals surface area contributed by atoms with Gasteiger partial charge in [0, 0.05) is 24.7 Å². The number of anilines is 1. The number of aryl methyl sites for hydroxylation is 1. The highest BCUT2D eigenvalue weighted by Gasteiger charge is 2.56. The number of carboxylic acids is 1. The number of benzene rings is 1. The first kappa shape index (κ1) is 19.8. The summed E-state index contributed by atoms with van der Waals surface area (Å²) in [6, 6.07) is 4.17. The molecule has 2 aliphatic rings. The molecule has 0 unspecified atom stereocenters. The van der Waals surface area contributed by atoms with Gasteiger partial charge in [0.05, 0.1) is 19.8 Å². The smallest absolute Gasteiger partial charge is 0.313 e. The number of hydrogen-bond acceptors (Lipinski definition) is 5. The fourth-order valence-corrected chi connectivity index (χ4v) is 3.42. The van der Waals surface area contributed by atoms with Gasteiger partial charge in [-0.2, -0.15) is 0 Å². The second kappa shape index (κ2) is 8.24. The van der Waals surface area contributed by atoms with Gasteiger partial charge in [0.15, 0.2) is 0 Å². The fraction of sp³-hybridized carbons (Fsp3) is 0.471. The highest BCUT2D eigenvalue weighted by atomic mass is 19.1. The van der Waals surface area contributed by atoms with Crippen LogP contribution in [0, 0.1) is 24.1 Å². The Bertz CT molecular complexity index is 698. The van der Waals surface area contributed by atoms with Gasteiger partial charge in [-0.05, 0) is 30.7 Å². The maximum atomic E-state index is 13.1. The van der Waals surface area contributed by atoms with E-state index in [1.165, 1.54) is 18.2 Å². The van der Waals surface area contributed by atoms with Gasteiger partial charge in [0.2, 0.25) is 5.91 Å². The van der Waals surface area contributed by atoms with Crippen LogP contribution in [0.15, 0.2) is 18.2 Å². The molecule has 0 saturated carbocycles. The van der Waals surface area contributed by atoms with Crippen LogP contribution >= 0.6 is 0 Å². The number of ether oxygens (including phenoxy) is 1. The minimum Gasteiger partial charge on any atom is -0.483 e. The molecule has 0 aromatic heterocycles. The molecule has 2 saturated heterocycles. The molecule has 8 nitrogen and oxygen atoms in total. The molecule has 0 radical (unpaired) electrons. The molecule has 0 spiro atoms. The summed E-state index contributed by atoms with van der Waals surface area (Å²) in [6.45, 7) is 3.03. The van der Waals surface area contributed by atoms with Crippen molar-refractivity contribution in [1.82, 2.24) is 4.90 Å². The number of hydrogen-bond donors (Lipinski definition) is 3. The maximum Gasteiger partial charge on any atom is 0.313 e. The minimum atomic E-state index is -0.897. The molecule has 3 N–H and O–H groups in total. The molecule has 26 heavy (non-hydrogen) atoms. The van der Waals surface area contributed by atoms with Crippen molar-refractivity contribution in [3.63, 3.8) is 0 Å². The second-order valence-electron chi connectivity index (χ2n) is 6.46. The number of aliphatic carboxylic acids is 1. The summed E-state index contributed by atoms with van der Waals surface area (Å²) >= 11 is 0. The van der Waals surface area contributed by atoms with Crippen molar-refractivity contribution >= 4 is 24.0 Å². The van der Waals surface area contributed by atoms with Crippen LogP contribution in [0.3, 0.4) is 0 Å². The van der Waals surface area contributed by atoms with Crippen LogP contribution in [0.2, 0.25) is 0 Å². The average Bonchev–Trinajstić information content (AvgIpc) is 3.08. The van der Waals surface area contributed by atoms with Crippen molar-refractivity contribution in [1.29, 1.82) is 0 Å². The third-order valence-electron chi connectivity index (χ3n) is 4.70. The summed E-state index contributed by atoms with van der Waals surface area (Å²) < 4.78 is 18.4. The molecule has 2 heterocycles. The molecular formula is C17H21FN2O6. The molecule has 1 aromatic rings. The van der Waals surface area contributed by atoms with Crippen molar-refractivity contribution in [2.75, 3.05) is 38.2 Å². The lowest BCUT2D eigenvalue weighted by Crippen LogP contribution is -2.40. The Balaban J connectivity index is 0.000000758. The molecule has 2 aliphatic heterocycles. The summed E-state index contributed by atoms with van der Waals surface area (Å²) in [4.78, 5) is 33.9. The summed E-state index contributed by atoms with van der Waals surface area (Å²) in [5.74, 6) is -1.53. The Hall–Kier alpha value is -2.52. The van der Waals surface area contributed by atoms with E-state index in [9.17, 15) is 19.1 Å². The summed E-state index contributed by atoms with van der Waals surface area (Å²) in [5.41, 5.74) is 0.311. The zero-order valence-corrected chi connectivity index (χ0v) is 14.3. The van der Waals surface area contributed by atoms with E-state index in [0.717, 1.165) is 0 Å². The molecular weight excluding hydrogens is 347 g/mol. The number of carbonyl (C=O) groups excluding carboxylic acids is 1. The van der Waals surface area contributed by atoms with E-state index in [-0.39, 0.29) is 37.3 Å². The lowest BCUT2D eigenvalue weighted by atomic mass is 9.81. The lowest BCUT2D eigenvalue weighted by Gasteiger charge is -2.21. The first-order valence-corrected chi connectivity index (χ1v) is 7.99. The van der Waals surface area contributed by atoms with Crippen LogP contribution in [0.1, 0.15) is 5.56 Å². The monoisotopic (exact) mass is 368 g/mol. The zero-order chi connectivity index (χ0) is 19.3. The maximum absolute atomic E-state index is 13.1. The van der Waals surface area contributed by atoms with Gasteiger partial charge in [0.25, 0.3) is 6.47 Å². The number of nitrogens with zero attached hydrogens (tertiary/aromatic N) is 1. The molecule has 2 atom stereocenters. The predicted octanol–water partition coefficient (Wildman–Crippen LogP) is 0.806. The Morgan fingerprint density at radius 3 is 2.77 bits per heavy atom. The fourth-order valence-electron chi connectivity index (χ4n) is 3.42. The van der Waals surface area contributed by atoms with Crippen LogP contribution < -0.4 is 5.32 Å². The number of rotatable bonds is 4. The van der Waals surface area contributed by atoms with Gasteiger partial charge in [-0.1, -0.05) is 0 Å². The molecule has 3 rings (SSSR count). The van der Waals surface area contributed by atoms with Crippen LogP contribution in [0.4, 0.5) is 10.1 Å². The van der Waals surface area contributed by atoms with Gasteiger partial charge >= 0.3 is 5.97 Å². The first-order valence-electron chi connectivity index (χ1n) is 7.99.